The number of rotatable bonds is 8. The number of hydrogen-bond acceptors (Lipinski definition) is 4. The highest BCUT2D eigenvalue weighted by atomic mass is 16.5. The lowest BCUT2D eigenvalue weighted by molar-refractivity contribution is -0.129. The molecule has 2 rings (SSSR count). The van der Waals surface area contributed by atoms with Crippen molar-refractivity contribution in [2.75, 3.05) is 26.2 Å². The smallest absolute Gasteiger partial charge is 0.293 e. The molecule has 0 bridgehead atoms. The topological polar surface area (TPSA) is 41.6 Å². The Morgan fingerprint density at radius 3 is 2.85 bits per heavy atom. The fraction of sp³-hybridized carbons (Fsp3) is 0.562. The second kappa shape index (κ2) is 8.72. The van der Waals surface area contributed by atoms with Crippen LogP contribution in [0.2, 0.25) is 0 Å². The van der Waals surface area contributed by atoms with Crippen molar-refractivity contribution in [2.24, 2.45) is 0 Å². The van der Waals surface area contributed by atoms with Gasteiger partial charge in [-0.1, -0.05) is 36.8 Å². The van der Waals surface area contributed by atoms with Gasteiger partial charge in [-0.25, -0.2) is 0 Å². The van der Waals surface area contributed by atoms with Gasteiger partial charge in [0.25, 0.3) is 6.47 Å². The number of ether oxygens (including phenoxy) is 1. The SMILES string of the molecule is O=COCCN(Cc1ccccc1)CC1CCCCN1. The van der Waals surface area contributed by atoms with Crippen molar-refractivity contribution in [3.8, 4) is 0 Å². The molecule has 1 atom stereocenters. The lowest BCUT2D eigenvalue weighted by Crippen LogP contribution is -2.44. The third-order valence-electron chi connectivity index (χ3n) is 3.73. The van der Waals surface area contributed by atoms with Crippen LogP contribution in [0.25, 0.3) is 0 Å². The Kier molecular flexibility index (Phi) is 6.54. The zero-order chi connectivity index (χ0) is 14.0. The fourth-order valence-electron chi connectivity index (χ4n) is 2.70. The maximum absolute atomic E-state index is 10.3. The molecule has 1 fully saturated rings. The van der Waals surface area contributed by atoms with Crippen LogP contribution in [0.15, 0.2) is 30.3 Å². The number of nitrogens with one attached hydrogen (secondary N) is 1. The van der Waals surface area contributed by atoms with Crippen molar-refractivity contribution in [3.05, 3.63) is 35.9 Å². The van der Waals surface area contributed by atoms with Gasteiger partial charge in [0.1, 0.15) is 6.61 Å². The van der Waals surface area contributed by atoms with Crippen molar-refractivity contribution in [1.82, 2.24) is 10.2 Å². The predicted molar refractivity (Wildman–Crippen MR) is 79.4 cm³/mol. The lowest BCUT2D eigenvalue weighted by Gasteiger charge is -2.30. The minimum Gasteiger partial charge on any atom is -0.467 e. The van der Waals surface area contributed by atoms with E-state index in [1.807, 2.05) is 6.07 Å². The van der Waals surface area contributed by atoms with Crippen LogP contribution in [-0.2, 0) is 16.1 Å². The molecule has 1 N–H and O–H groups in total. The van der Waals surface area contributed by atoms with Gasteiger partial charge in [-0.05, 0) is 24.9 Å². The van der Waals surface area contributed by atoms with E-state index in [2.05, 4.69) is 34.5 Å². The summed E-state index contributed by atoms with van der Waals surface area (Å²) in [7, 11) is 0. The van der Waals surface area contributed by atoms with E-state index < -0.39 is 0 Å². The molecule has 1 aliphatic heterocycles. The number of benzene rings is 1. The van der Waals surface area contributed by atoms with E-state index in [1.165, 1.54) is 24.8 Å². The Morgan fingerprint density at radius 1 is 1.30 bits per heavy atom. The fourth-order valence-corrected chi connectivity index (χ4v) is 2.70. The molecule has 1 heterocycles. The summed E-state index contributed by atoms with van der Waals surface area (Å²) in [5, 5.41) is 3.57. The van der Waals surface area contributed by atoms with Gasteiger partial charge < -0.3 is 10.1 Å². The second-order valence-electron chi connectivity index (χ2n) is 5.33. The van der Waals surface area contributed by atoms with E-state index in [-0.39, 0.29) is 0 Å². The molecule has 110 valence electrons. The van der Waals surface area contributed by atoms with Crippen molar-refractivity contribution in [2.45, 2.75) is 31.8 Å². The van der Waals surface area contributed by atoms with Crippen molar-refractivity contribution in [3.63, 3.8) is 0 Å². The van der Waals surface area contributed by atoms with Gasteiger partial charge >= 0.3 is 0 Å². The average Bonchev–Trinajstić information content (AvgIpc) is 2.49. The molecular weight excluding hydrogens is 252 g/mol. The van der Waals surface area contributed by atoms with Gasteiger partial charge in [0, 0.05) is 25.7 Å². The second-order valence-corrected chi connectivity index (χ2v) is 5.33. The number of piperidine rings is 1. The molecule has 1 aromatic rings. The zero-order valence-electron chi connectivity index (χ0n) is 12.0. The van der Waals surface area contributed by atoms with E-state index in [0.717, 1.165) is 26.2 Å². The third kappa shape index (κ3) is 5.31. The maximum atomic E-state index is 10.3. The number of carbonyl (C=O) groups is 1. The Hall–Kier alpha value is -1.39. The highest BCUT2D eigenvalue weighted by Crippen LogP contribution is 2.11. The third-order valence-corrected chi connectivity index (χ3v) is 3.73. The molecule has 0 radical (unpaired) electrons. The Balaban J connectivity index is 1.87. The van der Waals surface area contributed by atoms with E-state index >= 15 is 0 Å². The van der Waals surface area contributed by atoms with Gasteiger partial charge in [-0.15, -0.1) is 0 Å². The minimum absolute atomic E-state index is 0.461. The van der Waals surface area contributed by atoms with Crippen LogP contribution in [-0.4, -0.2) is 43.7 Å². The zero-order valence-corrected chi connectivity index (χ0v) is 12.0. The van der Waals surface area contributed by atoms with Crippen LogP contribution in [0, 0.1) is 0 Å². The van der Waals surface area contributed by atoms with Crippen molar-refractivity contribution < 1.29 is 9.53 Å². The van der Waals surface area contributed by atoms with Crippen LogP contribution < -0.4 is 5.32 Å². The van der Waals surface area contributed by atoms with E-state index in [4.69, 9.17) is 4.74 Å². The molecule has 4 heteroatoms. The summed E-state index contributed by atoms with van der Waals surface area (Å²) >= 11 is 0. The monoisotopic (exact) mass is 276 g/mol. The summed E-state index contributed by atoms with van der Waals surface area (Å²) in [6, 6.07) is 11.0. The lowest BCUT2D eigenvalue weighted by atomic mass is 10.0. The van der Waals surface area contributed by atoms with E-state index in [1.54, 1.807) is 0 Å². The van der Waals surface area contributed by atoms with Crippen molar-refractivity contribution in [1.29, 1.82) is 0 Å². The summed E-state index contributed by atoms with van der Waals surface area (Å²) in [6.45, 7) is 4.81. The van der Waals surface area contributed by atoms with Gasteiger partial charge in [0.2, 0.25) is 0 Å². The van der Waals surface area contributed by atoms with Crippen LogP contribution in [0.5, 0.6) is 0 Å². The Morgan fingerprint density at radius 2 is 2.15 bits per heavy atom. The molecule has 0 spiro atoms. The van der Waals surface area contributed by atoms with Crippen LogP contribution >= 0.6 is 0 Å². The standard InChI is InChI=1S/C16H24N2O2/c19-14-20-11-10-18(12-15-6-2-1-3-7-15)13-16-8-4-5-9-17-16/h1-3,6-7,14,16-17H,4-5,8-13H2. The van der Waals surface area contributed by atoms with E-state index in [0.29, 0.717) is 19.1 Å². The number of nitrogens with zero attached hydrogens (tertiary/aromatic N) is 1. The molecule has 1 aromatic carbocycles. The minimum atomic E-state index is 0.461. The molecule has 0 aliphatic carbocycles. The summed E-state index contributed by atoms with van der Waals surface area (Å²) in [6.07, 6.45) is 3.82. The summed E-state index contributed by atoms with van der Waals surface area (Å²) in [5.74, 6) is 0. The quantitative estimate of drug-likeness (QED) is 0.581. The highest BCUT2D eigenvalue weighted by molar-refractivity contribution is 5.36. The summed E-state index contributed by atoms with van der Waals surface area (Å²) in [4.78, 5) is 12.6. The van der Waals surface area contributed by atoms with Crippen LogP contribution in [0.4, 0.5) is 0 Å². The summed E-state index contributed by atoms with van der Waals surface area (Å²) < 4.78 is 4.85. The van der Waals surface area contributed by atoms with Crippen molar-refractivity contribution >= 4 is 6.47 Å². The average molecular weight is 276 g/mol. The first-order valence-electron chi connectivity index (χ1n) is 7.43. The maximum Gasteiger partial charge on any atom is 0.293 e. The molecule has 20 heavy (non-hydrogen) atoms. The van der Waals surface area contributed by atoms with Gasteiger partial charge in [0.05, 0.1) is 0 Å². The van der Waals surface area contributed by atoms with E-state index in [9.17, 15) is 4.79 Å². The van der Waals surface area contributed by atoms with Gasteiger partial charge in [-0.3, -0.25) is 9.69 Å². The predicted octanol–water partition coefficient (Wildman–Crippen LogP) is 1.80. The Bertz CT molecular complexity index is 377. The molecule has 1 unspecified atom stereocenters. The van der Waals surface area contributed by atoms with Gasteiger partial charge in [0.15, 0.2) is 0 Å². The molecule has 1 saturated heterocycles. The first-order valence-corrected chi connectivity index (χ1v) is 7.43. The first kappa shape index (κ1) is 15.0. The largest absolute Gasteiger partial charge is 0.467 e. The highest BCUT2D eigenvalue weighted by Gasteiger charge is 2.16. The van der Waals surface area contributed by atoms with Crippen LogP contribution in [0.1, 0.15) is 24.8 Å². The summed E-state index contributed by atoms with van der Waals surface area (Å²) in [5.41, 5.74) is 1.30. The van der Waals surface area contributed by atoms with Gasteiger partial charge in [-0.2, -0.15) is 0 Å². The molecule has 0 aromatic heterocycles. The van der Waals surface area contributed by atoms with Crippen LogP contribution in [0.3, 0.4) is 0 Å². The first-order chi connectivity index (χ1) is 9.88. The normalized spacial score (nSPS) is 18.9. The molecule has 0 saturated carbocycles. The molecule has 0 amide bonds. The molecule has 1 aliphatic rings. The Labute approximate surface area is 121 Å². The number of carbonyl (C=O) groups excluding carboxylic acids is 1. The number of hydrogen-bond donors (Lipinski definition) is 1. The molecular formula is C16H24N2O2. The molecule has 4 nitrogen and oxygen atoms in total.